The van der Waals surface area contributed by atoms with Crippen molar-refractivity contribution < 1.29 is 9.59 Å². The van der Waals surface area contributed by atoms with Crippen molar-refractivity contribution >= 4 is 35.1 Å². The van der Waals surface area contributed by atoms with Crippen LogP contribution in [0.3, 0.4) is 0 Å². The second-order valence-electron chi connectivity index (χ2n) is 5.19. The molecule has 5 nitrogen and oxygen atoms in total. The minimum Gasteiger partial charge on any atom is -0.323 e. The number of halogens is 2. The molecule has 0 radical (unpaired) electrons. The van der Waals surface area contributed by atoms with Crippen molar-refractivity contribution in [2.75, 3.05) is 0 Å². The fraction of sp³-hybridized carbons (Fsp3) is 0.462. The van der Waals surface area contributed by atoms with Crippen LogP contribution in [0, 0.1) is 0 Å². The fourth-order valence-corrected chi connectivity index (χ4v) is 3.27. The van der Waals surface area contributed by atoms with Crippen LogP contribution in [-0.4, -0.2) is 27.4 Å². The normalized spacial score (nSPS) is 20.8. The van der Waals surface area contributed by atoms with E-state index >= 15 is 0 Å². The molecular weight excluding hydrogens is 301 g/mol. The van der Waals surface area contributed by atoms with E-state index in [2.05, 4.69) is 10.3 Å². The highest BCUT2D eigenvalue weighted by Gasteiger charge is 2.52. The van der Waals surface area contributed by atoms with Crippen molar-refractivity contribution in [2.45, 2.75) is 37.8 Å². The van der Waals surface area contributed by atoms with Gasteiger partial charge in [-0.3, -0.25) is 9.69 Å². The topological polar surface area (TPSA) is 62.3 Å². The quantitative estimate of drug-likeness (QED) is 0.674. The molecule has 1 aliphatic carbocycles. The van der Waals surface area contributed by atoms with Gasteiger partial charge in [0.2, 0.25) is 0 Å². The van der Waals surface area contributed by atoms with Crippen LogP contribution in [0.1, 0.15) is 31.2 Å². The van der Waals surface area contributed by atoms with Crippen molar-refractivity contribution in [1.82, 2.24) is 15.2 Å². The van der Waals surface area contributed by atoms with Crippen molar-refractivity contribution in [3.8, 4) is 0 Å². The number of hydrogen-bond donors (Lipinski definition) is 1. The second kappa shape index (κ2) is 4.90. The molecule has 7 heteroatoms. The Kier molecular flexibility index (Phi) is 3.34. The summed E-state index contributed by atoms with van der Waals surface area (Å²) >= 11 is 11.7. The molecule has 2 aliphatic rings. The lowest BCUT2D eigenvalue weighted by atomic mass is 9.98. The highest BCUT2D eigenvalue weighted by atomic mass is 35.5. The zero-order valence-corrected chi connectivity index (χ0v) is 12.2. The van der Waals surface area contributed by atoms with E-state index in [0.717, 1.165) is 12.8 Å². The second-order valence-corrected chi connectivity index (χ2v) is 5.94. The summed E-state index contributed by atoms with van der Waals surface area (Å²) < 4.78 is 0. The summed E-state index contributed by atoms with van der Waals surface area (Å²) in [4.78, 5) is 29.6. The van der Waals surface area contributed by atoms with Crippen molar-refractivity contribution in [1.29, 1.82) is 0 Å². The minimum absolute atomic E-state index is 0.120. The zero-order valence-electron chi connectivity index (χ0n) is 10.7. The lowest BCUT2D eigenvalue weighted by Crippen LogP contribution is -2.44. The van der Waals surface area contributed by atoms with Gasteiger partial charge in [-0.1, -0.05) is 42.1 Å². The molecule has 1 aromatic rings. The molecule has 0 bridgehead atoms. The lowest BCUT2D eigenvalue weighted by Gasteiger charge is -2.20. The number of carbonyl (C=O) groups is 2. The summed E-state index contributed by atoms with van der Waals surface area (Å²) in [6, 6.07) is 2.91. The summed E-state index contributed by atoms with van der Waals surface area (Å²) in [5, 5.41) is 3.32. The molecular formula is C13H13Cl2N3O2. The van der Waals surface area contributed by atoms with Crippen molar-refractivity contribution in [3.05, 3.63) is 28.0 Å². The molecule has 1 saturated carbocycles. The molecule has 2 heterocycles. The molecule has 1 aromatic heterocycles. The number of nitrogens with one attached hydrogen (secondary N) is 1. The third-order valence-electron chi connectivity index (χ3n) is 3.92. The summed E-state index contributed by atoms with van der Waals surface area (Å²) in [5.41, 5.74) is -0.0849. The fourth-order valence-electron chi connectivity index (χ4n) is 2.87. The maximum atomic E-state index is 12.5. The molecule has 20 heavy (non-hydrogen) atoms. The van der Waals surface area contributed by atoms with Crippen LogP contribution in [0.4, 0.5) is 4.79 Å². The van der Waals surface area contributed by atoms with Crippen LogP contribution in [0.2, 0.25) is 10.3 Å². The van der Waals surface area contributed by atoms with E-state index < -0.39 is 5.54 Å². The maximum absolute atomic E-state index is 12.5. The number of hydrogen-bond acceptors (Lipinski definition) is 3. The van der Waals surface area contributed by atoms with Gasteiger partial charge in [-0.2, -0.15) is 0 Å². The molecule has 1 saturated heterocycles. The smallest absolute Gasteiger partial charge is 0.323 e. The van der Waals surface area contributed by atoms with E-state index in [1.54, 1.807) is 12.1 Å². The van der Waals surface area contributed by atoms with E-state index in [-0.39, 0.29) is 28.8 Å². The molecule has 0 unspecified atom stereocenters. The summed E-state index contributed by atoms with van der Waals surface area (Å²) in [7, 11) is 0. The molecule has 1 N–H and O–H groups in total. The zero-order chi connectivity index (χ0) is 14.3. The number of urea groups is 1. The average Bonchev–Trinajstić information content (AvgIpc) is 2.94. The lowest BCUT2D eigenvalue weighted by molar-refractivity contribution is -0.131. The number of rotatable bonds is 2. The third-order valence-corrected chi connectivity index (χ3v) is 4.46. The number of pyridine rings is 1. The van der Waals surface area contributed by atoms with Gasteiger partial charge in [0.25, 0.3) is 5.91 Å². The Bertz CT molecular complexity index is 585. The van der Waals surface area contributed by atoms with E-state index in [9.17, 15) is 9.59 Å². The number of imide groups is 1. The first-order valence-corrected chi connectivity index (χ1v) is 7.22. The summed E-state index contributed by atoms with van der Waals surface area (Å²) in [5.74, 6) is -0.161. The first-order chi connectivity index (χ1) is 9.52. The highest BCUT2D eigenvalue weighted by Crippen LogP contribution is 2.35. The first-order valence-electron chi connectivity index (χ1n) is 6.47. The average molecular weight is 314 g/mol. The Hall–Kier alpha value is -1.33. The van der Waals surface area contributed by atoms with Gasteiger partial charge in [0.05, 0.1) is 6.54 Å². The predicted octanol–water partition coefficient (Wildman–Crippen LogP) is 2.75. The molecule has 0 aromatic carbocycles. The Labute approximate surface area is 126 Å². The molecule has 2 fully saturated rings. The van der Waals surface area contributed by atoms with Crippen molar-refractivity contribution in [2.24, 2.45) is 0 Å². The Morgan fingerprint density at radius 2 is 1.95 bits per heavy atom. The maximum Gasteiger partial charge on any atom is 0.325 e. The Balaban J connectivity index is 1.84. The van der Waals surface area contributed by atoms with Crippen molar-refractivity contribution in [3.63, 3.8) is 0 Å². The third kappa shape index (κ3) is 2.15. The Morgan fingerprint density at radius 1 is 1.25 bits per heavy atom. The van der Waals surface area contributed by atoms with Crippen LogP contribution >= 0.6 is 23.2 Å². The SMILES string of the molecule is O=C1NC2(CCCC2)C(=O)N1Cc1ccc(Cl)nc1Cl. The van der Waals surface area contributed by atoms with Gasteiger partial charge in [-0.25, -0.2) is 9.78 Å². The van der Waals surface area contributed by atoms with Gasteiger partial charge in [0.15, 0.2) is 0 Å². The van der Waals surface area contributed by atoms with Crippen LogP contribution in [-0.2, 0) is 11.3 Å². The van der Waals surface area contributed by atoms with Gasteiger partial charge in [-0.15, -0.1) is 0 Å². The predicted molar refractivity (Wildman–Crippen MR) is 74.5 cm³/mol. The molecule has 1 spiro atoms. The largest absolute Gasteiger partial charge is 0.325 e. The minimum atomic E-state index is -0.691. The highest BCUT2D eigenvalue weighted by molar-refractivity contribution is 6.32. The molecule has 3 amide bonds. The number of nitrogens with zero attached hydrogens (tertiary/aromatic N) is 2. The van der Waals surface area contributed by atoms with Crippen LogP contribution in [0.25, 0.3) is 0 Å². The summed E-state index contributed by atoms with van der Waals surface area (Å²) in [6.45, 7) is 0.120. The molecule has 1 aliphatic heterocycles. The van der Waals surface area contributed by atoms with E-state index in [1.807, 2.05) is 0 Å². The van der Waals surface area contributed by atoms with E-state index in [1.165, 1.54) is 4.90 Å². The van der Waals surface area contributed by atoms with Gasteiger partial charge in [0, 0.05) is 5.56 Å². The molecule has 106 valence electrons. The van der Waals surface area contributed by atoms with Crippen LogP contribution in [0.5, 0.6) is 0 Å². The van der Waals surface area contributed by atoms with Gasteiger partial charge in [0.1, 0.15) is 15.8 Å². The number of amides is 3. The van der Waals surface area contributed by atoms with Gasteiger partial charge < -0.3 is 5.32 Å². The van der Waals surface area contributed by atoms with Crippen LogP contribution < -0.4 is 5.32 Å². The Morgan fingerprint density at radius 3 is 2.60 bits per heavy atom. The van der Waals surface area contributed by atoms with E-state index in [4.69, 9.17) is 23.2 Å². The number of carbonyl (C=O) groups excluding carboxylic acids is 2. The van der Waals surface area contributed by atoms with Gasteiger partial charge in [-0.05, 0) is 18.9 Å². The van der Waals surface area contributed by atoms with E-state index in [0.29, 0.717) is 18.4 Å². The molecule has 3 rings (SSSR count). The standard InChI is InChI=1S/C13H13Cl2N3O2/c14-9-4-3-8(10(15)16-9)7-18-11(19)13(17-12(18)20)5-1-2-6-13/h3-4H,1-2,5-7H2,(H,17,20). The molecule has 0 atom stereocenters. The first kappa shape index (κ1) is 13.6. The van der Waals surface area contributed by atoms with Gasteiger partial charge >= 0.3 is 6.03 Å². The summed E-state index contributed by atoms with van der Waals surface area (Å²) in [6.07, 6.45) is 3.34. The number of aromatic nitrogens is 1. The monoisotopic (exact) mass is 313 g/mol. The van der Waals surface area contributed by atoms with Crippen LogP contribution in [0.15, 0.2) is 12.1 Å².